The van der Waals surface area contributed by atoms with Crippen molar-refractivity contribution in [3.8, 4) is 0 Å². The Labute approximate surface area is 110 Å². The van der Waals surface area contributed by atoms with E-state index in [-0.39, 0.29) is 0 Å². The summed E-state index contributed by atoms with van der Waals surface area (Å²) >= 11 is 0. The highest BCUT2D eigenvalue weighted by Crippen LogP contribution is 2.26. The second-order valence-electron chi connectivity index (χ2n) is 5.11. The molecule has 0 spiro atoms. The van der Waals surface area contributed by atoms with Crippen molar-refractivity contribution in [2.24, 2.45) is 5.92 Å². The van der Waals surface area contributed by atoms with E-state index >= 15 is 0 Å². The van der Waals surface area contributed by atoms with E-state index in [1.54, 1.807) is 0 Å². The second kappa shape index (κ2) is 6.90. The van der Waals surface area contributed by atoms with Gasteiger partial charge in [0.15, 0.2) is 0 Å². The summed E-state index contributed by atoms with van der Waals surface area (Å²) in [6, 6.07) is 0.423. The van der Waals surface area contributed by atoms with Crippen LogP contribution >= 0.6 is 0 Å². The lowest BCUT2D eigenvalue weighted by Gasteiger charge is -2.19. The molecule has 0 aliphatic carbocycles. The average molecular weight is 251 g/mol. The molecule has 0 aromatic carbocycles. The van der Waals surface area contributed by atoms with Crippen molar-refractivity contribution < 1.29 is 4.74 Å². The monoisotopic (exact) mass is 251 g/mol. The summed E-state index contributed by atoms with van der Waals surface area (Å²) < 4.78 is 7.51. The van der Waals surface area contributed by atoms with Crippen LogP contribution in [-0.4, -0.2) is 29.5 Å². The topological polar surface area (TPSA) is 39.1 Å². The van der Waals surface area contributed by atoms with Gasteiger partial charge in [0.2, 0.25) is 0 Å². The Kier molecular flexibility index (Phi) is 5.20. The lowest BCUT2D eigenvalue weighted by atomic mass is 9.96. The minimum absolute atomic E-state index is 0.423. The molecule has 18 heavy (non-hydrogen) atoms. The number of nitrogens with zero attached hydrogens (tertiary/aromatic N) is 2. The third-order valence-corrected chi connectivity index (χ3v) is 3.55. The third kappa shape index (κ3) is 3.56. The lowest BCUT2D eigenvalue weighted by Crippen LogP contribution is -2.23. The molecule has 1 N–H and O–H groups in total. The van der Waals surface area contributed by atoms with Crippen LogP contribution in [0.2, 0.25) is 0 Å². The molecule has 0 radical (unpaired) electrons. The third-order valence-electron chi connectivity index (χ3n) is 3.55. The van der Waals surface area contributed by atoms with Gasteiger partial charge in [0.1, 0.15) is 0 Å². The summed E-state index contributed by atoms with van der Waals surface area (Å²) in [5, 5.41) is 8.00. The van der Waals surface area contributed by atoms with Crippen molar-refractivity contribution in [2.75, 3.05) is 19.8 Å². The van der Waals surface area contributed by atoms with Gasteiger partial charge in [-0.15, -0.1) is 0 Å². The van der Waals surface area contributed by atoms with Crippen molar-refractivity contribution >= 4 is 0 Å². The van der Waals surface area contributed by atoms with Crippen LogP contribution in [0.1, 0.15) is 44.7 Å². The van der Waals surface area contributed by atoms with Gasteiger partial charge in [-0.1, -0.05) is 13.8 Å². The standard InChI is InChI=1S/C14H25N3O/c1-3-6-17-10-13(9-16-17)14(15-4-2)8-12-5-7-18-11-12/h9-10,12,14-15H,3-8,11H2,1-2H3. The smallest absolute Gasteiger partial charge is 0.0537 e. The first-order valence-electron chi connectivity index (χ1n) is 7.17. The van der Waals surface area contributed by atoms with Crippen LogP contribution < -0.4 is 5.32 Å². The van der Waals surface area contributed by atoms with Gasteiger partial charge < -0.3 is 10.1 Å². The molecule has 1 aliphatic heterocycles. The zero-order chi connectivity index (χ0) is 12.8. The van der Waals surface area contributed by atoms with Gasteiger partial charge in [0.25, 0.3) is 0 Å². The molecule has 4 nitrogen and oxygen atoms in total. The summed E-state index contributed by atoms with van der Waals surface area (Å²) in [6.07, 6.45) is 7.69. The van der Waals surface area contributed by atoms with Crippen LogP contribution in [0.3, 0.4) is 0 Å². The Hall–Kier alpha value is -0.870. The van der Waals surface area contributed by atoms with Gasteiger partial charge in [0, 0.05) is 37.6 Å². The number of ether oxygens (including phenoxy) is 1. The molecular formula is C14H25N3O. The maximum atomic E-state index is 5.47. The predicted molar refractivity (Wildman–Crippen MR) is 72.5 cm³/mol. The number of hydrogen-bond donors (Lipinski definition) is 1. The van der Waals surface area contributed by atoms with Crippen LogP contribution in [0.4, 0.5) is 0 Å². The first-order valence-corrected chi connectivity index (χ1v) is 7.17. The summed E-state index contributed by atoms with van der Waals surface area (Å²) in [5.74, 6) is 0.698. The minimum Gasteiger partial charge on any atom is -0.381 e. The van der Waals surface area contributed by atoms with E-state index in [1.807, 2.05) is 10.9 Å². The number of aromatic nitrogens is 2. The summed E-state index contributed by atoms with van der Waals surface area (Å²) in [5.41, 5.74) is 1.32. The lowest BCUT2D eigenvalue weighted by molar-refractivity contribution is 0.181. The van der Waals surface area contributed by atoms with Crippen molar-refractivity contribution in [1.29, 1.82) is 0 Å². The molecule has 2 atom stereocenters. The molecule has 0 amide bonds. The zero-order valence-corrected chi connectivity index (χ0v) is 11.6. The molecule has 1 aromatic rings. The van der Waals surface area contributed by atoms with Gasteiger partial charge in [-0.05, 0) is 31.7 Å². The average Bonchev–Trinajstić information content (AvgIpc) is 3.00. The van der Waals surface area contributed by atoms with Crippen molar-refractivity contribution in [1.82, 2.24) is 15.1 Å². The van der Waals surface area contributed by atoms with E-state index in [2.05, 4.69) is 30.5 Å². The molecule has 0 bridgehead atoms. The summed E-state index contributed by atoms with van der Waals surface area (Å²) in [7, 11) is 0. The van der Waals surface area contributed by atoms with Gasteiger partial charge in [-0.2, -0.15) is 5.10 Å². The van der Waals surface area contributed by atoms with Crippen LogP contribution in [0.15, 0.2) is 12.4 Å². The van der Waals surface area contributed by atoms with E-state index in [4.69, 9.17) is 4.74 Å². The van der Waals surface area contributed by atoms with E-state index in [1.165, 1.54) is 12.0 Å². The normalized spacial score (nSPS) is 21.3. The van der Waals surface area contributed by atoms with Crippen LogP contribution in [-0.2, 0) is 11.3 Å². The number of rotatable bonds is 7. The second-order valence-corrected chi connectivity index (χ2v) is 5.11. The highest BCUT2D eigenvalue weighted by atomic mass is 16.5. The summed E-state index contributed by atoms with van der Waals surface area (Å²) in [6.45, 7) is 8.19. The number of hydrogen-bond acceptors (Lipinski definition) is 3. The Morgan fingerprint density at radius 1 is 1.56 bits per heavy atom. The van der Waals surface area contributed by atoms with Crippen molar-refractivity contribution in [3.05, 3.63) is 18.0 Å². The minimum atomic E-state index is 0.423. The highest BCUT2D eigenvalue weighted by molar-refractivity contribution is 5.10. The molecule has 102 valence electrons. The first kappa shape index (κ1) is 13.6. The van der Waals surface area contributed by atoms with E-state index < -0.39 is 0 Å². The van der Waals surface area contributed by atoms with Crippen molar-refractivity contribution in [3.63, 3.8) is 0 Å². The Morgan fingerprint density at radius 2 is 2.44 bits per heavy atom. The van der Waals surface area contributed by atoms with Gasteiger partial charge in [0.05, 0.1) is 6.20 Å². The molecule has 2 heterocycles. The predicted octanol–water partition coefficient (Wildman–Crippen LogP) is 2.37. The Bertz CT molecular complexity index is 345. The molecule has 2 rings (SSSR count). The van der Waals surface area contributed by atoms with Crippen molar-refractivity contribution in [2.45, 2.75) is 45.7 Å². The fourth-order valence-electron chi connectivity index (χ4n) is 2.60. The van der Waals surface area contributed by atoms with Gasteiger partial charge >= 0.3 is 0 Å². The first-order chi connectivity index (χ1) is 8.83. The van der Waals surface area contributed by atoms with E-state index in [0.717, 1.165) is 39.1 Å². The molecule has 1 aliphatic rings. The number of nitrogens with one attached hydrogen (secondary N) is 1. The van der Waals surface area contributed by atoms with Crippen LogP contribution in [0.5, 0.6) is 0 Å². The van der Waals surface area contributed by atoms with E-state index in [0.29, 0.717) is 12.0 Å². The maximum absolute atomic E-state index is 5.47. The molecule has 2 unspecified atom stereocenters. The molecule has 0 saturated carbocycles. The van der Waals surface area contributed by atoms with Gasteiger partial charge in [-0.3, -0.25) is 4.68 Å². The number of aryl methyl sites for hydroxylation is 1. The Balaban J connectivity index is 1.97. The molecule has 1 fully saturated rings. The highest BCUT2D eigenvalue weighted by Gasteiger charge is 2.22. The molecule has 1 aromatic heterocycles. The fraction of sp³-hybridized carbons (Fsp3) is 0.786. The summed E-state index contributed by atoms with van der Waals surface area (Å²) in [4.78, 5) is 0. The fourth-order valence-corrected chi connectivity index (χ4v) is 2.60. The largest absolute Gasteiger partial charge is 0.381 e. The van der Waals surface area contributed by atoms with Gasteiger partial charge in [-0.25, -0.2) is 0 Å². The van der Waals surface area contributed by atoms with Crippen LogP contribution in [0, 0.1) is 5.92 Å². The maximum Gasteiger partial charge on any atom is 0.0537 e. The molecule has 4 heteroatoms. The zero-order valence-electron chi connectivity index (χ0n) is 11.6. The molecule has 1 saturated heterocycles. The quantitative estimate of drug-likeness (QED) is 0.808. The molecular weight excluding hydrogens is 226 g/mol. The Morgan fingerprint density at radius 3 is 3.11 bits per heavy atom. The van der Waals surface area contributed by atoms with E-state index in [9.17, 15) is 0 Å². The van der Waals surface area contributed by atoms with Crippen LogP contribution in [0.25, 0.3) is 0 Å². The SMILES string of the molecule is CCCn1cc(C(CC2CCOC2)NCC)cn1.